The highest BCUT2D eigenvalue weighted by atomic mass is 16.6. The molecule has 49 heavy (non-hydrogen) atoms. The number of hydrogen-bond donors (Lipinski definition) is 0. The van der Waals surface area contributed by atoms with E-state index in [0.29, 0.717) is 52.9 Å². The minimum atomic E-state index is -0.445. The largest absolute Gasteiger partial charge is 0.493 e. The summed E-state index contributed by atoms with van der Waals surface area (Å²) in [7, 11) is 3.09. The van der Waals surface area contributed by atoms with Crippen molar-refractivity contribution in [3.05, 3.63) is 139 Å². The van der Waals surface area contributed by atoms with Crippen LogP contribution < -0.4 is 18.9 Å². The molecule has 0 unspecified atom stereocenters. The van der Waals surface area contributed by atoms with Crippen LogP contribution >= 0.6 is 0 Å². The maximum Gasteiger partial charge on any atom is 0.269 e. The Labute approximate surface area is 283 Å². The van der Waals surface area contributed by atoms with E-state index in [1.807, 2.05) is 36.4 Å². The predicted octanol–water partition coefficient (Wildman–Crippen LogP) is 8.53. The molecule has 0 aliphatic heterocycles. The maximum absolute atomic E-state index is 13.8. The molecule has 0 heterocycles. The topological polar surface area (TPSA) is 140 Å². The smallest absolute Gasteiger partial charge is 0.269 e. The van der Waals surface area contributed by atoms with E-state index in [1.165, 1.54) is 24.3 Å². The molecule has 0 saturated heterocycles. The molecule has 0 spiro atoms. The fraction of sp³-hybridized carbons (Fsp3) is 0.237. The van der Waals surface area contributed by atoms with Crippen LogP contribution in [0.5, 0.6) is 23.0 Å². The SMILES string of the molecule is CCC1CC(=Cc2ccc(OCc3ccc([N+](=O)[O-])cc3)c(OC)c2)C(=O)C(=Cc2ccc(OCc3ccc([N+](=O)[O-])cc3)c(OC)c2)C1. The van der Waals surface area contributed by atoms with Crippen LogP contribution in [0.15, 0.2) is 96.1 Å². The molecule has 0 atom stereocenters. The van der Waals surface area contributed by atoms with Crippen molar-refractivity contribution in [3.63, 3.8) is 0 Å². The molecule has 5 rings (SSSR count). The van der Waals surface area contributed by atoms with E-state index in [-0.39, 0.29) is 30.4 Å². The molecule has 252 valence electrons. The zero-order valence-electron chi connectivity index (χ0n) is 27.4. The van der Waals surface area contributed by atoms with Crippen LogP contribution in [0.2, 0.25) is 0 Å². The number of allylic oxidation sites excluding steroid dienone is 2. The molecular weight excluding hydrogens is 628 g/mol. The predicted molar refractivity (Wildman–Crippen MR) is 185 cm³/mol. The minimum absolute atomic E-state index is 0.0142. The lowest BCUT2D eigenvalue weighted by atomic mass is 9.78. The first-order chi connectivity index (χ1) is 23.7. The molecule has 0 N–H and O–H groups in total. The van der Waals surface area contributed by atoms with E-state index in [4.69, 9.17) is 18.9 Å². The van der Waals surface area contributed by atoms with Crippen molar-refractivity contribution >= 4 is 29.3 Å². The standard InChI is InChI=1S/C38H36N2O9/c1-4-25-17-30(19-28-9-15-34(36(21-28)46-2)48-23-26-5-11-32(12-6-26)39(42)43)38(41)31(18-25)20-29-10-16-35(37(22-29)47-3)49-24-27-7-13-33(14-8-27)40(44)45/h5-16,19-22,25H,4,17-18,23-24H2,1-3H3. The van der Waals surface area contributed by atoms with Gasteiger partial charge in [0.1, 0.15) is 13.2 Å². The van der Waals surface area contributed by atoms with Gasteiger partial charge in [-0.05, 0) is 102 Å². The summed E-state index contributed by atoms with van der Waals surface area (Å²) in [6.45, 7) is 2.53. The first-order valence-corrected chi connectivity index (χ1v) is 15.7. The van der Waals surface area contributed by atoms with E-state index in [2.05, 4.69) is 6.92 Å². The van der Waals surface area contributed by atoms with Crippen molar-refractivity contribution in [2.75, 3.05) is 14.2 Å². The molecular formula is C38H36N2O9. The van der Waals surface area contributed by atoms with Gasteiger partial charge in [-0.3, -0.25) is 25.0 Å². The third-order valence-electron chi connectivity index (χ3n) is 8.32. The monoisotopic (exact) mass is 664 g/mol. The summed E-state index contributed by atoms with van der Waals surface area (Å²) in [5, 5.41) is 21.9. The zero-order chi connectivity index (χ0) is 34.9. The van der Waals surface area contributed by atoms with Crippen molar-refractivity contribution in [1.29, 1.82) is 0 Å². The third-order valence-corrected chi connectivity index (χ3v) is 8.32. The van der Waals surface area contributed by atoms with Crippen LogP contribution in [-0.4, -0.2) is 29.8 Å². The Morgan fingerprint density at radius 3 is 1.41 bits per heavy atom. The summed E-state index contributed by atoms with van der Waals surface area (Å²) in [5.74, 6) is 2.32. The number of nitro benzene ring substituents is 2. The third kappa shape index (κ3) is 8.69. The molecule has 1 aliphatic carbocycles. The Morgan fingerprint density at radius 1 is 0.653 bits per heavy atom. The van der Waals surface area contributed by atoms with Gasteiger partial charge in [0.15, 0.2) is 28.8 Å². The number of hydrogen-bond acceptors (Lipinski definition) is 9. The number of rotatable bonds is 13. The normalized spacial score (nSPS) is 16.0. The average Bonchev–Trinajstić information content (AvgIpc) is 3.12. The van der Waals surface area contributed by atoms with Crippen molar-refractivity contribution in [1.82, 2.24) is 0 Å². The van der Waals surface area contributed by atoms with Crippen LogP contribution in [0.3, 0.4) is 0 Å². The number of carbonyl (C=O) groups is 1. The Balaban J connectivity index is 1.31. The van der Waals surface area contributed by atoms with Crippen LogP contribution in [0, 0.1) is 26.1 Å². The molecule has 0 aromatic heterocycles. The van der Waals surface area contributed by atoms with Gasteiger partial charge >= 0.3 is 0 Å². The van der Waals surface area contributed by atoms with Crippen LogP contribution in [0.1, 0.15) is 48.4 Å². The van der Waals surface area contributed by atoms with Crippen LogP contribution in [0.25, 0.3) is 12.2 Å². The quantitative estimate of drug-likeness (QED) is 0.0781. The fourth-order valence-electron chi connectivity index (χ4n) is 5.56. The molecule has 0 radical (unpaired) electrons. The van der Waals surface area contributed by atoms with Crippen molar-refractivity contribution < 1.29 is 33.6 Å². The molecule has 4 aromatic carbocycles. The summed E-state index contributed by atoms with van der Waals surface area (Å²) < 4.78 is 23.1. The second-order valence-electron chi connectivity index (χ2n) is 11.6. The number of carbonyl (C=O) groups excluding carboxylic acids is 1. The van der Waals surface area contributed by atoms with Gasteiger partial charge in [-0.15, -0.1) is 0 Å². The van der Waals surface area contributed by atoms with Crippen molar-refractivity contribution in [2.45, 2.75) is 39.4 Å². The van der Waals surface area contributed by atoms with Gasteiger partial charge < -0.3 is 18.9 Å². The number of methoxy groups -OCH3 is 2. The highest BCUT2D eigenvalue weighted by molar-refractivity contribution is 6.14. The lowest BCUT2D eigenvalue weighted by Crippen LogP contribution is -2.19. The summed E-state index contributed by atoms with van der Waals surface area (Å²) >= 11 is 0. The first-order valence-electron chi connectivity index (χ1n) is 15.7. The number of nitro groups is 2. The van der Waals surface area contributed by atoms with Gasteiger partial charge in [-0.1, -0.05) is 25.5 Å². The first kappa shape index (κ1) is 34.4. The molecule has 1 saturated carbocycles. The van der Waals surface area contributed by atoms with E-state index in [9.17, 15) is 25.0 Å². The lowest BCUT2D eigenvalue weighted by Gasteiger charge is -2.25. The highest BCUT2D eigenvalue weighted by Crippen LogP contribution is 2.37. The van der Waals surface area contributed by atoms with Crippen molar-refractivity contribution in [3.8, 4) is 23.0 Å². The molecule has 1 aliphatic rings. The van der Waals surface area contributed by atoms with E-state index >= 15 is 0 Å². The number of non-ortho nitro benzene ring substituents is 2. The molecule has 1 fully saturated rings. The summed E-state index contributed by atoms with van der Waals surface area (Å²) in [4.78, 5) is 34.7. The van der Waals surface area contributed by atoms with Gasteiger partial charge in [0.2, 0.25) is 0 Å². The summed E-state index contributed by atoms with van der Waals surface area (Å²) in [6, 6.07) is 23.3. The van der Waals surface area contributed by atoms with E-state index < -0.39 is 9.85 Å². The molecule has 11 nitrogen and oxygen atoms in total. The Bertz CT molecular complexity index is 1760. The molecule has 0 bridgehead atoms. The number of nitrogens with zero attached hydrogens (tertiary/aromatic N) is 2. The zero-order valence-corrected chi connectivity index (χ0v) is 27.4. The summed E-state index contributed by atoms with van der Waals surface area (Å²) in [5.41, 5.74) is 4.60. The Morgan fingerprint density at radius 2 is 1.06 bits per heavy atom. The molecule has 11 heteroatoms. The Kier molecular flexibility index (Phi) is 11.0. The lowest BCUT2D eigenvalue weighted by molar-refractivity contribution is -0.385. The number of ketones is 1. The van der Waals surface area contributed by atoms with Gasteiger partial charge in [-0.25, -0.2) is 0 Å². The van der Waals surface area contributed by atoms with Gasteiger partial charge in [0.25, 0.3) is 11.4 Å². The summed E-state index contributed by atoms with van der Waals surface area (Å²) in [6.07, 6.45) is 6.03. The molecule has 0 amide bonds. The van der Waals surface area contributed by atoms with E-state index in [0.717, 1.165) is 28.7 Å². The Hall–Kier alpha value is -5.97. The second-order valence-corrected chi connectivity index (χ2v) is 11.6. The average molecular weight is 665 g/mol. The van der Waals surface area contributed by atoms with Crippen molar-refractivity contribution in [2.24, 2.45) is 5.92 Å². The van der Waals surface area contributed by atoms with Gasteiger partial charge in [0.05, 0.1) is 24.1 Å². The fourth-order valence-corrected chi connectivity index (χ4v) is 5.56. The minimum Gasteiger partial charge on any atom is -0.493 e. The highest BCUT2D eigenvalue weighted by Gasteiger charge is 2.27. The maximum atomic E-state index is 13.8. The van der Waals surface area contributed by atoms with E-state index in [1.54, 1.807) is 50.6 Å². The van der Waals surface area contributed by atoms with Gasteiger partial charge in [-0.2, -0.15) is 0 Å². The number of Topliss-reactive ketones (excluding diaryl/α,β-unsaturated/α-hetero) is 1. The van der Waals surface area contributed by atoms with Gasteiger partial charge in [0, 0.05) is 35.4 Å². The van der Waals surface area contributed by atoms with Crippen LogP contribution in [-0.2, 0) is 18.0 Å². The second kappa shape index (κ2) is 15.7. The number of ether oxygens (including phenoxy) is 4. The van der Waals surface area contributed by atoms with Crippen LogP contribution in [0.4, 0.5) is 11.4 Å². The number of benzene rings is 4. The molecule has 4 aromatic rings.